The van der Waals surface area contributed by atoms with Crippen LogP contribution in [0.5, 0.6) is 23.0 Å². The van der Waals surface area contributed by atoms with Crippen LogP contribution < -0.4 is 5.32 Å². The van der Waals surface area contributed by atoms with Crippen LogP contribution in [-0.4, -0.2) is 68.3 Å². The van der Waals surface area contributed by atoms with E-state index in [9.17, 15) is 30.0 Å². The van der Waals surface area contributed by atoms with Gasteiger partial charge in [-0.2, -0.15) is 0 Å². The highest BCUT2D eigenvalue weighted by Gasteiger charge is 2.37. The van der Waals surface area contributed by atoms with E-state index in [0.717, 1.165) is 5.56 Å². The topological polar surface area (TPSA) is 152 Å². The number of aliphatic imine (C=N–C) groups is 1. The minimum absolute atomic E-state index is 0.0478. The summed E-state index contributed by atoms with van der Waals surface area (Å²) in [6.07, 6.45) is -0.638. The zero-order valence-electron chi connectivity index (χ0n) is 20.0. The molecule has 0 saturated heterocycles. The zero-order valence-corrected chi connectivity index (χ0v) is 20.0. The van der Waals surface area contributed by atoms with Gasteiger partial charge in [0.05, 0.1) is 11.1 Å². The highest BCUT2D eigenvalue weighted by Crippen LogP contribution is 2.32. The summed E-state index contributed by atoms with van der Waals surface area (Å²) >= 11 is 0. The molecule has 0 aliphatic carbocycles. The summed E-state index contributed by atoms with van der Waals surface area (Å²) in [5.74, 6) is -2.54. The number of phenolic OH excluding ortho intramolecular Hbond substituents is 4. The van der Waals surface area contributed by atoms with Crippen molar-refractivity contribution >= 4 is 17.7 Å². The van der Waals surface area contributed by atoms with E-state index in [0.29, 0.717) is 0 Å². The normalized spacial score (nSPS) is 16.5. The van der Waals surface area contributed by atoms with E-state index in [4.69, 9.17) is 4.74 Å². The Morgan fingerprint density at radius 1 is 0.919 bits per heavy atom. The fourth-order valence-electron chi connectivity index (χ4n) is 3.97. The van der Waals surface area contributed by atoms with E-state index in [2.05, 4.69) is 10.3 Å². The number of phenols is 4. The second-order valence-corrected chi connectivity index (χ2v) is 8.55. The third-order valence-corrected chi connectivity index (χ3v) is 5.95. The van der Waals surface area contributed by atoms with E-state index in [-0.39, 0.29) is 54.1 Å². The van der Waals surface area contributed by atoms with Gasteiger partial charge in [0.1, 0.15) is 6.10 Å². The molecule has 1 aliphatic heterocycles. The highest BCUT2D eigenvalue weighted by atomic mass is 16.5. The lowest BCUT2D eigenvalue weighted by Crippen LogP contribution is -2.44. The Kier molecular flexibility index (Phi) is 7.47. The van der Waals surface area contributed by atoms with Gasteiger partial charge < -0.3 is 35.4 Å². The minimum atomic E-state index is -0.911. The quantitative estimate of drug-likeness (QED) is 0.295. The first-order valence-corrected chi connectivity index (χ1v) is 11.6. The number of hydrogen-bond acceptors (Lipinski definition) is 8. The van der Waals surface area contributed by atoms with Crippen LogP contribution in [0.1, 0.15) is 28.4 Å². The molecule has 5 N–H and O–H groups in total. The van der Waals surface area contributed by atoms with Gasteiger partial charge in [0, 0.05) is 19.6 Å². The summed E-state index contributed by atoms with van der Waals surface area (Å²) in [5.41, 5.74) is 0.961. The first kappa shape index (κ1) is 25.4. The second-order valence-electron chi connectivity index (χ2n) is 8.55. The van der Waals surface area contributed by atoms with E-state index < -0.39 is 29.6 Å². The molecule has 0 bridgehead atoms. The van der Waals surface area contributed by atoms with Crippen molar-refractivity contribution < 1.29 is 34.8 Å². The highest BCUT2D eigenvalue weighted by molar-refractivity contribution is 6.01. The molecule has 3 aromatic carbocycles. The summed E-state index contributed by atoms with van der Waals surface area (Å²) in [6.45, 7) is 2.13. The van der Waals surface area contributed by atoms with Gasteiger partial charge in [0.25, 0.3) is 11.8 Å². The first-order valence-electron chi connectivity index (χ1n) is 11.6. The van der Waals surface area contributed by atoms with Gasteiger partial charge in [0.2, 0.25) is 5.90 Å². The number of ether oxygens (including phenoxy) is 1. The van der Waals surface area contributed by atoms with E-state index in [1.54, 1.807) is 6.92 Å². The van der Waals surface area contributed by atoms with Gasteiger partial charge in [-0.25, -0.2) is 4.99 Å². The van der Waals surface area contributed by atoms with Gasteiger partial charge in [-0.15, -0.1) is 0 Å². The van der Waals surface area contributed by atoms with Crippen LogP contribution >= 0.6 is 0 Å². The fourth-order valence-corrected chi connectivity index (χ4v) is 3.97. The predicted molar refractivity (Wildman–Crippen MR) is 135 cm³/mol. The molecule has 0 saturated carbocycles. The van der Waals surface area contributed by atoms with Crippen LogP contribution in [-0.2, 0) is 16.1 Å². The molecular formula is C27H27N3O7. The van der Waals surface area contributed by atoms with Crippen molar-refractivity contribution in [2.75, 3.05) is 13.1 Å². The Morgan fingerprint density at radius 3 is 2.32 bits per heavy atom. The van der Waals surface area contributed by atoms with E-state index in [1.165, 1.54) is 41.3 Å². The number of benzene rings is 3. The van der Waals surface area contributed by atoms with Crippen LogP contribution in [0.4, 0.5) is 0 Å². The summed E-state index contributed by atoms with van der Waals surface area (Å²) in [7, 11) is 0. The number of carbonyl (C=O) groups is 2. The molecule has 2 amide bonds. The third kappa shape index (κ3) is 5.58. The van der Waals surface area contributed by atoms with Gasteiger partial charge in [-0.3, -0.25) is 9.59 Å². The average Bonchev–Trinajstić information content (AvgIpc) is 3.28. The number of amides is 2. The lowest BCUT2D eigenvalue weighted by Gasteiger charge is -2.26. The molecule has 1 heterocycles. The molecule has 192 valence electrons. The zero-order chi connectivity index (χ0) is 26.5. The fraction of sp³-hybridized carbons (Fsp3) is 0.222. The summed E-state index contributed by atoms with van der Waals surface area (Å²) in [6, 6.07) is 16.9. The first-order chi connectivity index (χ1) is 17.8. The molecule has 10 nitrogen and oxygen atoms in total. The molecule has 1 aliphatic rings. The molecular weight excluding hydrogens is 478 g/mol. The minimum Gasteiger partial charge on any atom is -0.504 e. The standard InChI is InChI=1S/C27H27N3O7/c1-16-22(29-26(37-16)19-10-6-12-21(32)24(19)34)27(36)30(15-17-7-3-2-4-8-17)14-13-28-25(35)18-9-5-11-20(31)23(18)33/h2-12,16,22,31-34H,13-15H2,1H3,(H,28,35)/t16?,22-/m0/s1. The summed E-state index contributed by atoms with van der Waals surface area (Å²) in [5, 5.41) is 42.3. The van der Waals surface area contributed by atoms with Crippen molar-refractivity contribution in [1.29, 1.82) is 0 Å². The Balaban J connectivity index is 1.51. The van der Waals surface area contributed by atoms with Crippen molar-refractivity contribution in [2.24, 2.45) is 4.99 Å². The van der Waals surface area contributed by atoms with Crippen LogP contribution in [0, 0.1) is 0 Å². The number of hydrogen-bond donors (Lipinski definition) is 5. The van der Waals surface area contributed by atoms with Crippen molar-refractivity contribution in [3.63, 3.8) is 0 Å². The van der Waals surface area contributed by atoms with Gasteiger partial charge >= 0.3 is 0 Å². The number of rotatable bonds is 8. The van der Waals surface area contributed by atoms with E-state index in [1.807, 2.05) is 30.3 Å². The number of para-hydroxylation sites is 2. The largest absolute Gasteiger partial charge is 0.504 e. The van der Waals surface area contributed by atoms with Crippen LogP contribution in [0.3, 0.4) is 0 Å². The van der Waals surface area contributed by atoms with Crippen molar-refractivity contribution in [1.82, 2.24) is 10.2 Å². The Hall–Kier alpha value is -4.73. The van der Waals surface area contributed by atoms with Crippen molar-refractivity contribution in [2.45, 2.75) is 25.6 Å². The monoisotopic (exact) mass is 505 g/mol. The molecule has 2 atom stereocenters. The molecule has 0 radical (unpaired) electrons. The Labute approximate surface area is 213 Å². The molecule has 0 fully saturated rings. The predicted octanol–water partition coefficient (Wildman–Crippen LogP) is 2.50. The second kappa shape index (κ2) is 10.9. The maximum absolute atomic E-state index is 13.6. The number of nitrogens with zero attached hydrogens (tertiary/aromatic N) is 2. The lowest BCUT2D eigenvalue weighted by atomic mass is 10.1. The number of aromatic hydroxyl groups is 4. The number of carbonyl (C=O) groups excluding carboxylic acids is 2. The van der Waals surface area contributed by atoms with Crippen LogP contribution in [0.15, 0.2) is 71.7 Å². The van der Waals surface area contributed by atoms with Gasteiger partial charge in [0.15, 0.2) is 29.0 Å². The maximum Gasteiger partial charge on any atom is 0.255 e. The molecule has 0 spiro atoms. The SMILES string of the molecule is CC1OC(c2cccc(O)c2O)=N[C@@H]1C(=O)N(CCNC(=O)c1cccc(O)c1O)Cc1ccccc1. The molecule has 0 aromatic heterocycles. The maximum atomic E-state index is 13.6. The van der Waals surface area contributed by atoms with Gasteiger partial charge in [-0.05, 0) is 36.8 Å². The lowest BCUT2D eigenvalue weighted by molar-refractivity contribution is -0.134. The molecule has 37 heavy (non-hydrogen) atoms. The van der Waals surface area contributed by atoms with Crippen molar-refractivity contribution in [3.8, 4) is 23.0 Å². The molecule has 3 aromatic rings. The molecule has 4 rings (SSSR count). The Bertz CT molecular complexity index is 1330. The number of nitrogens with one attached hydrogen (secondary N) is 1. The molecule has 1 unspecified atom stereocenters. The van der Waals surface area contributed by atoms with E-state index >= 15 is 0 Å². The molecule has 10 heteroatoms. The smallest absolute Gasteiger partial charge is 0.255 e. The summed E-state index contributed by atoms with van der Waals surface area (Å²) in [4.78, 5) is 32.0. The van der Waals surface area contributed by atoms with Crippen LogP contribution in [0.25, 0.3) is 0 Å². The van der Waals surface area contributed by atoms with Crippen LogP contribution in [0.2, 0.25) is 0 Å². The Morgan fingerprint density at radius 2 is 1.59 bits per heavy atom. The average molecular weight is 506 g/mol. The van der Waals surface area contributed by atoms with Crippen molar-refractivity contribution in [3.05, 3.63) is 83.4 Å². The van der Waals surface area contributed by atoms with Gasteiger partial charge in [-0.1, -0.05) is 42.5 Å². The third-order valence-electron chi connectivity index (χ3n) is 5.95. The summed E-state index contributed by atoms with van der Waals surface area (Å²) < 4.78 is 5.75.